The van der Waals surface area contributed by atoms with Gasteiger partial charge in [0.25, 0.3) is 5.69 Å². The lowest BCUT2D eigenvalue weighted by Crippen LogP contribution is -2.49. The van der Waals surface area contributed by atoms with Crippen molar-refractivity contribution in [2.45, 2.75) is 6.54 Å². The molecule has 0 radical (unpaired) electrons. The Kier molecular flexibility index (Phi) is 6.11. The third kappa shape index (κ3) is 4.82. The van der Waals surface area contributed by atoms with E-state index in [1.165, 1.54) is 6.07 Å². The number of rotatable bonds is 6. The number of ether oxygens (including phenoxy) is 1. The smallest absolute Gasteiger partial charge is 0.270 e. The largest absolute Gasteiger partial charge is 0.379 e. The third-order valence-corrected chi connectivity index (χ3v) is 5.63. The van der Waals surface area contributed by atoms with E-state index in [-0.39, 0.29) is 10.6 Å². The second-order valence-electron chi connectivity index (χ2n) is 7.51. The number of piperazine rings is 1. The van der Waals surface area contributed by atoms with Gasteiger partial charge in [0.2, 0.25) is 0 Å². The van der Waals surface area contributed by atoms with Crippen LogP contribution in [-0.2, 0) is 11.3 Å². The molecule has 8 heteroatoms. The highest BCUT2D eigenvalue weighted by Crippen LogP contribution is 2.20. The van der Waals surface area contributed by atoms with Gasteiger partial charge in [-0.25, -0.2) is 0 Å². The lowest BCUT2D eigenvalue weighted by atomic mass is 10.1. The van der Waals surface area contributed by atoms with E-state index in [0.717, 1.165) is 88.7 Å². The van der Waals surface area contributed by atoms with Crippen molar-refractivity contribution in [2.75, 3.05) is 65.6 Å². The number of nitrogens with zero attached hydrogens (tertiary/aromatic N) is 5. The number of nitro groups is 1. The summed E-state index contributed by atoms with van der Waals surface area (Å²) in [5, 5.41) is 11.7. The molecule has 1 aromatic heterocycles. The number of non-ortho nitro benzene ring substituents is 1. The molecular formula is C20H27N5O3. The van der Waals surface area contributed by atoms with Crippen molar-refractivity contribution in [3.05, 3.63) is 46.1 Å². The summed E-state index contributed by atoms with van der Waals surface area (Å²) in [4.78, 5) is 22.7. The molecule has 4 rings (SSSR count). The number of hydrogen-bond donors (Lipinski definition) is 0. The number of benzene rings is 1. The van der Waals surface area contributed by atoms with Gasteiger partial charge in [-0.05, 0) is 12.1 Å². The van der Waals surface area contributed by atoms with Gasteiger partial charge in [0.15, 0.2) is 0 Å². The predicted molar refractivity (Wildman–Crippen MR) is 107 cm³/mol. The van der Waals surface area contributed by atoms with E-state index >= 15 is 0 Å². The summed E-state index contributed by atoms with van der Waals surface area (Å²) in [6.45, 7) is 11.2. The number of pyridine rings is 1. The summed E-state index contributed by atoms with van der Waals surface area (Å²) in [6, 6.07) is 8.76. The Labute approximate surface area is 164 Å². The third-order valence-electron chi connectivity index (χ3n) is 5.63. The molecule has 0 saturated carbocycles. The summed E-state index contributed by atoms with van der Waals surface area (Å²) in [7, 11) is 0. The SMILES string of the molecule is O=[N+]([O-])c1ccc2nc(CN3CCN(CCN4CCOCC4)CC3)ccc2c1. The summed E-state index contributed by atoms with van der Waals surface area (Å²) in [6.07, 6.45) is 0. The average molecular weight is 385 g/mol. The molecule has 0 atom stereocenters. The van der Waals surface area contributed by atoms with E-state index in [0.29, 0.717) is 0 Å². The van der Waals surface area contributed by atoms with E-state index in [1.54, 1.807) is 12.1 Å². The van der Waals surface area contributed by atoms with Crippen molar-refractivity contribution < 1.29 is 9.66 Å². The van der Waals surface area contributed by atoms with Crippen LogP contribution in [0, 0.1) is 10.1 Å². The molecule has 0 unspecified atom stereocenters. The fourth-order valence-electron chi connectivity index (χ4n) is 3.86. The maximum absolute atomic E-state index is 10.9. The first-order valence-corrected chi connectivity index (χ1v) is 9.96. The van der Waals surface area contributed by atoms with E-state index in [9.17, 15) is 10.1 Å². The highest BCUT2D eigenvalue weighted by molar-refractivity contribution is 5.81. The molecule has 2 aliphatic heterocycles. The molecule has 0 spiro atoms. The van der Waals surface area contributed by atoms with Crippen LogP contribution in [0.2, 0.25) is 0 Å². The minimum Gasteiger partial charge on any atom is -0.379 e. The molecule has 2 aliphatic rings. The van der Waals surface area contributed by atoms with Gasteiger partial charge in [-0.15, -0.1) is 0 Å². The Hall–Kier alpha value is -2.13. The quantitative estimate of drug-likeness (QED) is 0.552. The zero-order chi connectivity index (χ0) is 19.3. The Morgan fingerprint density at radius 1 is 0.929 bits per heavy atom. The molecule has 2 fully saturated rings. The van der Waals surface area contributed by atoms with Crippen molar-refractivity contribution in [1.82, 2.24) is 19.7 Å². The number of morpholine rings is 1. The molecule has 3 heterocycles. The summed E-state index contributed by atoms with van der Waals surface area (Å²) >= 11 is 0. The fourth-order valence-corrected chi connectivity index (χ4v) is 3.86. The van der Waals surface area contributed by atoms with Crippen LogP contribution in [0.15, 0.2) is 30.3 Å². The van der Waals surface area contributed by atoms with Gasteiger partial charge in [0, 0.05) is 76.4 Å². The molecule has 150 valence electrons. The monoisotopic (exact) mass is 385 g/mol. The molecule has 1 aromatic carbocycles. The first-order chi connectivity index (χ1) is 13.7. The molecule has 28 heavy (non-hydrogen) atoms. The van der Waals surface area contributed by atoms with Crippen molar-refractivity contribution in [3.63, 3.8) is 0 Å². The number of fused-ring (bicyclic) bond motifs is 1. The zero-order valence-corrected chi connectivity index (χ0v) is 16.1. The highest BCUT2D eigenvalue weighted by atomic mass is 16.6. The lowest BCUT2D eigenvalue weighted by molar-refractivity contribution is -0.384. The minimum atomic E-state index is -0.369. The summed E-state index contributed by atoms with van der Waals surface area (Å²) in [5.41, 5.74) is 1.94. The van der Waals surface area contributed by atoms with Gasteiger partial charge in [-0.2, -0.15) is 0 Å². The molecule has 2 aromatic rings. The first-order valence-electron chi connectivity index (χ1n) is 9.96. The van der Waals surface area contributed by atoms with Gasteiger partial charge >= 0.3 is 0 Å². The second-order valence-corrected chi connectivity index (χ2v) is 7.51. The van der Waals surface area contributed by atoms with Crippen molar-refractivity contribution in [2.24, 2.45) is 0 Å². The predicted octanol–water partition coefficient (Wildman–Crippen LogP) is 1.59. The molecule has 0 aliphatic carbocycles. The number of aromatic nitrogens is 1. The lowest BCUT2D eigenvalue weighted by Gasteiger charge is -2.36. The van der Waals surface area contributed by atoms with Gasteiger partial charge in [-0.1, -0.05) is 6.07 Å². The van der Waals surface area contributed by atoms with Crippen molar-refractivity contribution in [3.8, 4) is 0 Å². The van der Waals surface area contributed by atoms with Crippen LogP contribution in [0.4, 0.5) is 5.69 Å². The van der Waals surface area contributed by atoms with E-state index in [1.807, 2.05) is 12.1 Å². The van der Waals surface area contributed by atoms with Crippen LogP contribution < -0.4 is 0 Å². The van der Waals surface area contributed by atoms with E-state index in [4.69, 9.17) is 4.74 Å². The van der Waals surface area contributed by atoms with Gasteiger partial charge < -0.3 is 4.74 Å². The minimum absolute atomic E-state index is 0.107. The number of nitro benzene ring substituents is 1. The summed E-state index contributed by atoms with van der Waals surface area (Å²) < 4.78 is 5.41. The van der Waals surface area contributed by atoms with Crippen LogP contribution >= 0.6 is 0 Å². The van der Waals surface area contributed by atoms with Crippen LogP contribution in [0.1, 0.15) is 5.69 Å². The molecule has 0 bridgehead atoms. The zero-order valence-electron chi connectivity index (χ0n) is 16.1. The van der Waals surface area contributed by atoms with Gasteiger partial charge in [-0.3, -0.25) is 29.8 Å². The molecule has 8 nitrogen and oxygen atoms in total. The van der Waals surface area contributed by atoms with Crippen LogP contribution in [0.3, 0.4) is 0 Å². The molecular weight excluding hydrogens is 358 g/mol. The topological polar surface area (TPSA) is 75.0 Å². The maximum Gasteiger partial charge on any atom is 0.270 e. The Morgan fingerprint density at radius 2 is 1.61 bits per heavy atom. The molecule has 0 amide bonds. The Bertz CT molecular complexity index is 817. The fraction of sp³-hybridized carbons (Fsp3) is 0.550. The Morgan fingerprint density at radius 3 is 2.32 bits per heavy atom. The number of hydrogen-bond acceptors (Lipinski definition) is 7. The van der Waals surface area contributed by atoms with Gasteiger partial charge in [0.05, 0.1) is 29.3 Å². The molecule has 0 N–H and O–H groups in total. The van der Waals surface area contributed by atoms with Crippen molar-refractivity contribution >= 4 is 16.6 Å². The summed E-state index contributed by atoms with van der Waals surface area (Å²) in [5.74, 6) is 0. The average Bonchev–Trinajstić information content (AvgIpc) is 2.73. The van der Waals surface area contributed by atoms with Crippen molar-refractivity contribution in [1.29, 1.82) is 0 Å². The maximum atomic E-state index is 10.9. The highest BCUT2D eigenvalue weighted by Gasteiger charge is 2.19. The first kappa shape index (κ1) is 19.2. The van der Waals surface area contributed by atoms with Gasteiger partial charge in [0.1, 0.15) is 0 Å². The van der Waals surface area contributed by atoms with E-state index in [2.05, 4.69) is 19.7 Å². The standard InChI is InChI=1S/C20H27N5O3/c26-25(27)19-3-4-20-17(15-19)1-2-18(21-20)16-24-9-7-22(8-10-24)5-6-23-11-13-28-14-12-23/h1-4,15H,5-14,16H2. The normalized spacial score (nSPS) is 19.9. The Balaban J connectivity index is 1.27. The van der Waals surface area contributed by atoms with E-state index < -0.39 is 0 Å². The van der Waals surface area contributed by atoms with Crippen LogP contribution in [0.25, 0.3) is 10.9 Å². The van der Waals surface area contributed by atoms with Crippen LogP contribution in [0.5, 0.6) is 0 Å². The second kappa shape index (κ2) is 8.91. The molecule has 2 saturated heterocycles. The van der Waals surface area contributed by atoms with Crippen LogP contribution in [-0.4, -0.2) is 90.2 Å².